The summed E-state index contributed by atoms with van der Waals surface area (Å²) in [6.07, 6.45) is 16.5. The van der Waals surface area contributed by atoms with Crippen LogP contribution >= 0.6 is 0 Å². The highest BCUT2D eigenvalue weighted by Crippen LogP contribution is 2.66. The van der Waals surface area contributed by atoms with Crippen LogP contribution in [-0.4, -0.2) is 36.6 Å². The molecule has 0 saturated heterocycles. The van der Waals surface area contributed by atoms with Crippen LogP contribution in [0.2, 0.25) is 0 Å². The van der Waals surface area contributed by atoms with Gasteiger partial charge in [-0.1, -0.05) is 18.2 Å². The summed E-state index contributed by atoms with van der Waals surface area (Å²) in [5.74, 6) is 6.82. The Morgan fingerprint density at radius 3 is 1.68 bits per heavy atom. The maximum atomic E-state index is 9.84. The van der Waals surface area contributed by atoms with Gasteiger partial charge < -0.3 is 19.7 Å². The smallest absolute Gasteiger partial charge is 0.165 e. The van der Waals surface area contributed by atoms with Crippen LogP contribution in [0.5, 0.6) is 11.5 Å². The van der Waals surface area contributed by atoms with Gasteiger partial charge in [-0.25, -0.2) is 0 Å². The minimum absolute atomic E-state index is 0.00554. The molecule has 0 atom stereocenters. The molecule has 2 aromatic rings. The number of aliphatic hydroxyl groups excluding tert-OH is 2. The largest absolute Gasteiger partial charge is 0.487 e. The highest BCUT2D eigenvalue weighted by atomic mass is 16.5. The van der Waals surface area contributed by atoms with Gasteiger partial charge in [0.2, 0.25) is 0 Å². The summed E-state index contributed by atoms with van der Waals surface area (Å²) in [5.41, 5.74) is 3.45. The molecule has 0 amide bonds. The van der Waals surface area contributed by atoms with Crippen LogP contribution in [0.1, 0.15) is 88.2 Å². The summed E-state index contributed by atoms with van der Waals surface area (Å²) in [5, 5.41) is 22.2. The van der Waals surface area contributed by atoms with Gasteiger partial charge in [0.1, 0.15) is 13.2 Å². The molecule has 38 heavy (non-hydrogen) atoms. The monoisotopic (exact) mass is 516 g/mol. The van der Waals surface area contributed by atoms with Crippen molar-refractivity contribution in [1.29, 1.82) is 0 Å². The molecule has 4 heteroatoms. The van der Waals surface area contributed by atoms with Crippen molar-refractivity contribution in [2.75, 3.05) is 26.4 Å². The van der Waals surface area contributed by atoms with Crippen LogP contribution in [-0.2, 0) is 10.8 Å². The standard InChI is InChI=1S/C34H44O4/c35-4-6-37-29-14-27-2-1-3-28(33-15-21-8-22(16-33)10-23(9-21)17-33)30(27)31(32(29)38-7-5-36)34-18-24-11-25(19-34)13-26(12-24)20-34/h1-3,14,21-26,35-36H,4-13,15-20H2. The number of hydrogen-bond acceptors (Lipinski definition) is 4. The van der Waals surface area contributed by atoms with Crippen molar-refractivity contribution in [1.82, 2.24) is 0 Å². The van der Waals surface area contributed by atoms with Crippen LogP contribution in [0.25, 0.3) is 10.8 Å². The van der Waals surface area contributed by atoms with Crippen LogP contribution in [0.4, 0.5) is 0 Å². The number of rotatable bonds is 8. The molecular weight excluding hydrogens is 472 g/mol. The highest BCUT2D eigenvalue weighted by molar-refractivity contribution is 5.95. The Morgan fingerprint density at radius 1 is 0.658 bits per heavy atom. The SMILES string of the molecule is OCCOc1cc2cccc(C34CC5CC(CC(C5)C3)C4)c2c(C23CC4CC(CC(C4)C2)C3)c1OCCO. The first-order chi connectivity index (χ1) is 18.6. The van der Waals surface area contributed by atoms with Crippen LogP contribution in [0.3, 0.4) is 0 Å². The van der Waals surface area contributed by atoms with Gasteiger partial charge in [0.25, 0.3) is 0 Å². The van der Waals surface area contributed by atoms with Gasteiger partial charge in [-0.3, -0.25) is 0 Å². The highest BCUT2D eigenvalue weighted by Gasteiger charge is 2.56. The van der Waals surface area contributed by atoms with Crippen molar-refractivity contribution >= 4 is 10.8 Å². The van der Waals surface area contributed by atoms with Crippen LogP contribution in [0.15, 0.2) is 24.3 Å². The maximum Gasteiger partial charge on any atom is 0.165 e. The number of fused-ring (bicyclic) bond motifs is 1. The minimum atomic E-state index is -0.0164. The van der Waals surface area contributed by atoms with E-state index in [4.69, 9.17) is 9.47 Å². The quantitative estimate of drug-likeness (QED) is 0.420. The third kappa shape index (κ3) is 3.61. The summed E-state index contributed by atoms with van der Waals surface area (Å²) >= 11 is 0. The van der Waals surface area contributed by atoms with Crippen molar-refractivity contribution in [3.05, 3.63) is 35.4 Å². The van der Waals surface area contributed by atoms with E-state index in [2.05, 4.69) is 24.3 Å². The van der Waals surface area contributed by atoms with Crippen LogP contribution < -0.4 is 9.47 Å². The Morgan fingerprint density at radius 2 is 1.16 bits per heavy atom. The molecule has 0 radical (unpaired) electrons. The molecule has 10 rings (SSSR count). The average molecular weight is 517 g/mol. The Balaban J connectivity index is 1.39. The molecule has 2 N–H and O–H groups in total. The van der Waals surface area contributed by atoms with Gasteiger partial charge in [0, 0.05) is 11.0 Å². The van der Waals surface area contributed by atoms with Crippen molar-refractivity contribution in [2.24, 2.45) is 35.5 Å². The molecule has 8 aliphatic carbocycles. The zero-order valence-corrected chi connectivity index (χ0v) is 22.8. The second kappa shape index (κ2) is 8.86. The molecule has 0 spiro atoms. The fourth-order valence-corrected chi connectivity index (χ4v) is 11.8. The van der Waals surface area contributed by atoms with E-state index >= 15 is 0 Å². The topological polar surface area (TPSA) is 58.9 Å². The van der Waals surface area contributed by atoms with E-state index in [-0.39, 0.29) is 31.8 Å². The molecule has 0 heterocycles. The van der Waals surface area contributed by atoms with E-state index in [9.17, 15) is 10.2 Å². The lowest BCUT2D eigenvalue weighted by Gasteiger charge is -2.59. The van der Waals surface area contributed by atoms with Crippen molar-refractivity contribution in [3.63, 3.8) is 0 Å². The molecular formula is C34H44O4. The summed E-state index contributed by atoms with van der Waals surface area (Å²) in [6.45, 7) is 0.516. The molecule has 8 bridgehead atoms. The molecule has 0 unspecified atom stereocenters. The predicted molar refractivity (Wildman–Crippen MR) is 149 cm³/mol. The fraction of sp³-hybridized carbons (Fsp3) is 0.706. The molecule has 2 aromatic carbocycles. The molecule has 8 fully saturated rings. The maximum absolute atomic E-state index is 9.84. The van der Waals surface area contributed by atoms with Gasteiger partial charge in [-0.15, -0.1) is 0 Å². The number of hydrogen-bond donors (Lipinski definition) is 2. The average Bonchev–Trinajstić information content (AvgIpc) is 2.88. The number of benzene rings is 2. The summed E-state index contributed by atoms with van der Waals surface area (Å²) in [6, 6.07) is 9.27. The number of ether oxygens (including phenoxy) is 2. The van der Waals surface area contributed by atoms with E-state index in [1.807, 2.05) is 0 Å². The van der Waals surface area contributed by atoms with E-state index in [0.717, 1.165) is 47.0 Å². The summed E-state index contributed by atoms with van der Waals surface area (Å²) in [7, 11) is 0. The second-order valence-corrected chi connectivity index (χ2v) is 14.5. The molecule has 0 aliphatic heterocycles. The lowest BCUT2D eigenvalue weighted by atomic mass is 9.46. The minimum Gasteiger partial charge on any atom is -0.487 e. The Kier molecular flexibility index (Phi) is 5.61. The first kappa shape index (κ1) is 24.1. The van der Waals surface area contributed by atoms with E-state index in [1.165, 1.54) is 93.4 Å². The van der Waals surface area contributed by atoms with E-state index in [0.29, 0.717) is 5.41 Å². The summed E-state index contributed by atoms with van der Waals surface area (Å²) in [4.78, 5) is 0. The lowest BCUT2D eigenvalue weighted by molar-refractivity contribution is -0.00773. The Bertz CT molecular complexity index is 1160. The summed E-state index contributed by atoms with van der Waals surface area (Å²) < 4.78 is 12.8. The van der Waals surface area contributed by atoms with E-state index in [1.54, 1.807) is 5.56 Å². The molecule has 4 nitrogen and oxygen atoms in total. The Hall–Kier alpha value is -1.78. The van der Waals surface area contributed by atoms with Gasteiger partial charge in [0.15, 0.2) is 11.5 Å². The molecule has 0 aromatic heterocycles. The third-order valence-electron chi connectivity index (χ3n) is 11.9. The zero-order chi connectivity index (χ0) is 25.5. The lowest BCUT2D eigenvalue weighted by Crippen LogP contribution is -2.50. The fourth-order valence-electron chi connectivity index (χ4n) is 11.8. The van der Waals surface area contributed by atoms with Crippen molar-refractivity contribution < 1.29 is 19.7 Å². The number of aliphatic hydroxyl groups is 2. The normalized spacial score (nSPS) is 40.3. The van der Waals surface area contributed by atoms with Crippen LogP contribution in [0, 0.1) is 35.5 Å². The molecule has 8 aliphatic rings. The third-order valence-corrected chi connectivity index (χ3v) is 11.9. The second-order valence-electron chi connectivity index (χ2n) is 14.5. The van der Waals surface area contributed by atoms with Gasteiger partial charge in [-0.05, 0) is 140 Å². The van der Waals surface area contributed by atoms with Gasteiger partial charge in [-0.2, -0.15) is 0 Å². The zero-order valence-electron chi connectivity index (χ0n) is 22.8. The van der Waals surface area contributed by atoms with Crippen molar-refractivity contribution in [2.45, 2.75) is 87.9 Å². The van der Waals surface area contributed by atoms with Crippen molar-refractivity contribution in [3.8, 4) is 11.5 Å². The van der Waals surface area contributed by atoms with Gasteiger partial charge in [0.05, 0.1) is 13.2 Å². The predicted octanol–water partition coefficient (Wildman–Crippen LogP) is 6.52. The first-order valence-corrected chi connectivity index (χ1v) is 15.7. The molecule has 8 saturated carbocycles. The van der Waals surface area contributed by atoms with Gasteiger partial charge >= 0.3 is 0 Å². The Labute approximate surface area is 227 Å². The van der Waals surface area contributed by atoms with E-state index < -0.39 is 0 Å². The first-order valence-electron chi connectivity index (χ1n) is 15.7. The molecule has 204 valence electrons.